The molecule has 19 heavy (non-hydrogen) atoms. The lowest BCUT2D eigenvalue weighted by Crippen LogP contribution is -2.14. The summed E-state index contributed by atoms with van der Waals surface area (Å²) in [5, 5.41) is 12.0. The molecule has 1 aromatic carbocycles. The summed E-state index contributed by atoms with van der Waals surface area (Å²) in [5.74, 6) is -0.802. The predicted octanol–water partition coefficient (Wildman–Crippen LogP) is 2.23. The molecule has 0 fully saturated rings. The van der Waals surface area contributed by atoms with E-state index in [1.807, 2.05) is 0 Å². The first-order chi connectivity index (χ1) is 8.93. The molecular weight excluding hydrogens is 270 g/mol. The number of halogens is 1. The highest BCUT2D eigenvalue weighted by molar-refractivity contribution is 6.33. The third kappa shape index (κ3) is 4.89. The summed E-state index contributed by atoms with van der Waals surface area (Å²) in [7, 11) is 1.26. The van der Waals surface area contributed by atoms with Crippen LogP contribution in [0.3, 0.4) is 0 Å². The number of hydrogen-bond donors (Lipinski definition) is 2. The first-order valence-electron chi connectivity index (χ1n) is 5.79. The van der Waals surface area contributed by atoms with Crippen molar-refractivity contribution in [2.75, 3.05) is 12.4 Å². The smallest absolute Gasteiger partial charge is 0.339 e. The third-order valence-electron chi connectivity index (χ3n) is 2.44. The highest BCUT2D eigenvalue weighted by Gasteiger charge is 2.12. The maximum absolute atomic E-state index is 11.6. The molecule has 1 unspecified atom stereocenters. The van der Waals surface area contributed by atoms with Crippen LogP contribution >= 0.6 is 11.6 Å². The van der Waals surface area contributed by atoms with E-state index in [9.17, 15) is 9.59 Å². The number of amides is 1. The summed E-state index contributed by atoms with van der Waals surface area (Å²) in [4.78, 5) is 23.0. The fraction of sp³-hybridized carbons (Fsp3) is 0.385. The molecule has 0 aliphatic carbocycles. The maximum atomic E-state index is 11.6. The molecule has 104 valence electrons. The zero-order valence-electron chi connectivity index (χ0n) is 10.8. The molecule has 2 N–H and O–H groups in total. The molecular formula is C13H16ClNO4. The molecule has 0 aromatic heterocycles. The van der Waals surface area contributed by atoms with E-state index in [1.54, 1.807) is 13.0 Å². The number of hydrogen-bond acceptors (Lipinski definition) is 4. The molecule has 1 amide bonds. The van der Waals surface area contributed by atoms with Crippen LogP contribution in [0.15, 0.2) is 18.2 Å². The van der Waals surface area contributed by atoms with Gasteiger partial charge in [0.05, 0.1) is 23.8 Å². The van der Waals surface area contributed by atoms with E-state index in [0.29, 0.717) is 12.1 Å². The molecule has 6 heteroatoms. The lowest BCUT2D eigenvalue weighted by molar-refractivity contribution is -0.116. The summed E-state index contributed by atoms with van der Waals surface area (Å²) in [6, 6.07) is 4.56. The van der Waals surface area contributed by atoms with Crippen molar-refractivity contribution in [1.29, 1.82) is 0 Å². The molecule has 0 radical (unpaired) electrons. The fourth-order valence-electron chi connectivity index (χ4n) is 1.43. The SMILES string of the molecule is COC(=O)c1cc(NC(=O)CCC(C)O)ccc1Cl. The molecule has 0 saturated heterocycles. The van der Waals surface area contributed by atoms with Gasteiger partial charge in [-0.2, -0.15) is 0 Å². The van der Waals surface area contributed by atoms with E-state index >= 15 is 0 Å². The van der Waals surface area contributed by atoms with Crippen molar-refractivity contribution < 1.29 is 19.4 Å². The Balaban J connectivity index is 2.74. The number of nitrogens with one attached hydrogen (secondary N) is 1. The number of carbonyl (C=O) groups is 2. The Hall–Kier alpha value is -1.59. The summed E-state index contributed by atoms with van der Waals surface area (Å²) in [6.45, 7) is 1.62. The first-order valence-corrected chi connectivity index (χ1v) is 6.17. The van der Waals surface area contributed by atoms with Gasteiger partial charge in [-0.3, -0.25) is 4.79 Å². The van der Waals surface area contributed by atoms with Crippen LogP contribution in [0.4, 0.5) is 5.69 Å². The Kier molecular flexibility index (Phi) is 5.79. The zero-order chi connectivity index (χ0) is 14.4. The standard InChI is InChI=1S/C13H16ClNO4/c1-8(16)3-6-12(17)15-9-4-5-11(14)10(7-9)13(18)19-2/h4-5,7-8,16H,3,6H2,1-2H3,(H,15,17). The first kappa shape index (κ1) is 15.5. The van der Waals surface area contributed by atoms with Gasteiger partial charge in [0, 0.05) is 12.1 Å². The second kappa shape index (κ2) is 7.11. The van der Waals surface area contributed by atoms with Gasteiger partial charge >= 0.3 is 5.97 Å². The molecule has 0 spiro atoms. The van der Waals surface area contributed by atoms with Crippen molar-refractivity contribution in [3.05, 3.63) is 28.8 Å². The van der Waals surface area contributed by atoms with Gasteiger partial charge in [-0.05, 0) is 31.5 Å². The van der Waals surface area contributed by atoms with Crippen molar-refractivity contribution in [2.24, 2.45) is 0 Å². The van der Waals surface area contributed by atoms with E-state index < -0.39 is 12.1 Å². The molecule has 0 aliphatic rings. The Morgan fingerprint density at radius 1 is 1.47 bits per heavy atom. The van der Waals surface area contributed by atoms with Crippen LogP contribution in [0, 0.1) is 0 Å². The summed E-state index contributed by atoms with van der Waals surface area (Å²) >= 11 is 5.86. The second-order valence-electron chi connectivity index (χ2n) is 4.12. The molecule has 5 nitrogen and oxygen atoms in total. The Morgan fingerprint density at radius 2 is 2.16 bits per heavy atom. The zero-order valence-corrected chi connectivity index (χ0v) is 11.5. The number of methoxy groups -OCH3 is 1. The van der Waals surface area contributed by atoms with Gasteiger partial charge in [-0.15, -0.1) is 0 Å². The van der Waals surface area contributed by atoms with E-state index in [0.717, 1.165) is 0 Å². The van der Waals surface area contributed by atoms with Crippen molar-refractivity contribution in [1.82, 2.24) is 0 Å². The Labute approximate surface area is 116 Å². The number of rotatable bonds is 5. The van der Waals surface area contributed by atoms with E-state index in [2.05, 4.69) is 10.1 Å². The van der Waals surface area contributed by atoms with Crippen molar-refractivity contribution in [2.45, 2.75) is 25.9 Å². The number of aliphatic hydroxyl groups is 1. The van der Waals surface area contributed by atoms with Gasteiger partial charge in [0.25, 0.3) is 0 Å². The van der Waals surface area contributed by atoms with Gasteiger partial charge in [-0.1, -0.05) is 11.6 Å². The van der Waals surface area contributed by atoms with E-state index in [-0.39, 0.29) is 22.9 Å². The highest BCUT2D eigenvalue weighted by atomic mass is 35.5. The van der Waals surface area contributed by atoms with Crippen LogP contribution in [-0.2, 0) is 9.53 Å². The van der Waals surface area contributed by atoms with Gasteiger partial charge in [-0.25, -0.2) is 4.79 Å². The quantitative estimate of drug-likeness (QED) is 0.814. The lowest BCUT2D eigenvalue weighted by atomic mass is 10.2. The third-order valence-corrected chi connectivity index (χ3v) is 2.77. The Bertz CT molecular complexity index is 474. The largest absolute Gasteiger partial charge is 0.465 e. The number of ether oxygens (including phenoxy) is 1. The molecule has 1 aromatic rings. The van der Waals surface area contributed by atoms with Crippen LogP contribution in [-0.4, -0.2) is 30.2 Å². The minimum absolute atomic E-state index is 0.192. The normalized spacial score (nSPS) is 11.8. The van der Waals surface area contributed by atoms with Gasteiger partial charge in [0.1, 0.15) is 0 Å². The van der Waals surface area contributed by atoms with E-state index in [1.165, 1.54) is 19.2 Å². The van der Waals surface area contributed by atoms with Gasteiger partial charge in [0.2, 0.25) is 5.91 Å². The monoisotopic (exact) mass is 285 g/mol. The van der Waals surface area contributed by atoms with Crippen LogP contribution < -0.4 is 5.32 Å². The molecule has 0 aliphatic heterocycles. The molecule has 1 atom stereocenters. The van der Waals surface area contributed by atoms with Crippen LogP contribution in [0.2, 0.25) is 5.02 Å². The highest BCUT2D eigenvalue weighted by Crippen LogP contribution is 2.21. The fourth-order valence-corrected chi connectivity index (χ4v) is 1.63. The van der Waals surface area contributed by atoms with Crippen molar-refractivity contribution in [3.8, 4) is 0 Å². The molecule has 0 bridgehead atoms. The van der Waals surface area contributed by atoms with Crippen molar-refractivity contribution >= 4 is 29.2 Å². The average molecular weight is 286 g/mol. The Morgan fingerprint density at radius 3 is 2.74 bits per heavy atom. The van der Waals surface area contributed by atoms with Crippen LogP contribution in [0.5, 0.6) is 0 Å². The lowest BCUT2D eigenvalue weighted by Gasteiger charge is -2.08. The summed E-state index contributed by atoms with van der Waals surface area (Å²) in [6.07, 6.45) is 0.0542. The summed E-state index contributed by atoms with van der Waals surface area (Å²) < 4.78 is 4.59. The minimum atomic E-state index is -0.565. The molecule has 1 rings (SSSR count). The molecule has 0 saturated carbocycles. The second-order valence-corrected chi connectivity index (χ2v) is 4.53. The maximum Gasteiger partial charge on any atom is 0.339 e. The number of benzene rings is 1. The minimum Gasteiger partial charge on any atom is -0.465 e. The summed E-state index contributed by atoms with van der Waals surface area (Å²) in [5.41, 5.74) is 0.651. The predicted molar refractivity (Wildman–Crippen MR) is 72.3 cm³/mol. The number of anilines is 1. The number of carbonyl (C=O) groups excluding carboxylic acids is 2. The van der Waals surface area contributed by atoms with Crippen LogP contribution in [0.1, 0.15) is 30.1 Å². The topological polar surface area (TPSA) is 75.6 Å². The number of esters is 1. The number of aliphatic hydroxyl groups excluding tert-OH is 1. The molecule has 0 heterocycles. The average Bonchev–Trinajstić information content (AvgIpc) is 2.37. The van der Waals surface area contributed by atoms with Gasteiger partial charge in [0.15, 0.2) is 0 Å². The van der Waals surface area contributed by atoms with E-state index in [4.69, 9.17) is 16.7 Å². The van der Waals surface area contributed by atoms with Crippen LogP contribution in [0.25, 0.3) is 0 Å². The van der Waals surface area contributed by atoms with Crippen molar-refractivity contribution in [3.63, 3.8) is 0 Å². The van der Waals surface area contributed by atoms with Gasteiger partial charge < -0.3 is 15.2 Å².